The number of carbonyl (C=O) groups is 2. The molecule has 1 aromatic heterocycles. The van der Waals surface area contributed by atoms with Crippen molar-refractivity contribution < 1.29 is 27.2 Å². The van der Waals surface area contributed by atoms with Crippen molar-refractivity contribution in [2.75, 3.05) is 25.2 Å². The van der Waals surface area contributed by atoms with E-state index >= 15 is 0 Å². The van der Waals surface area contributed by atoms with Gasteiger partial charge in [0.1, 0.15) is 0 Å². The number of halogens is 3. The smallest absolute Gasteiger partial charge is 0.415 e. The molecule has 0 aliphatic heterocycles. The topological polar surface area (TPSA) is 88.3 Å². The van der Waals surface area contributed by atoms with Crippen LogP contribution in [0.2, 0.25) is 0 Å². The molecule has 12 heteroatoms. The van der Waals surface area contributed by atoms with Crippen LogP contribution in [0.25, 0.3) is 0 Å². The fraction of sp³-hybridized carbons (Fsp3) is 0.412. The summed E-state index contributed by atoms with van der Waals surface area (Å²) in [6.45, 7) is 1.20. The summed E-state index contributed by atoms with van der Waals surface area (Å²) in [5, 5.41) is 9.50. The van der Waals surface area contributed by atoms with Crippen LogP contribution in [0.15, 0.2) is 33.9 Å². The second-order valence-corrected chi connectivity index (χ2v) is 8.10. The van der Waals surface area contributed by atoms with Crippen molar-refractivity contribution in [3.05, 3.63) is 35.7 Å². The van der Waals surface area contributed by atoms with Crippen LogP contribution in [0, 0.1) is 0 Å². The number of nitrogens with zero attached hydrogens (tertiary/aromatic N) is 3. The zero-order valence-corrected chi connectivity index (χ0v) is 17.5. The van der Waals surface area contributed by atoms with Crippen molar-refractivity contribution in [1.82, 2.24) is 15.1 Å². The Kier molecular flexibility index (Phi) is 7.96. The number of carbonyl (C=O) groups excluding carboxylic acids is 2. The van der Waals surface area contributed by atoms with Crippen molar-refractivity contribution in [2.45, 2.75) is 29.3 Å². The molecule has 29 heavy (non-hydrogen) atoms. The Morgan fingerprint density at radius 2 is 1.97 bits per heavy atom. The highest BCUT2D eigenvalue weighted by molar-refractivity contribution is 8.00. The Balaban J connectivity index is 1.94. The summed E-state index contributed by atoms with van der Waals surface area (Å²) in [6, 6.07) is 4.64. The Labute approximate surface area is 173 Å². The number of hydrogen-bond donors (Lipinski definition) is 1. The minimum Gasteiger partial charge on any atom is -0.415 e. The number of para-hydroxylation sites is 1. The third kappa shape index (κ3) is 6.67. The Morgan fingerprint density at radius 1 is 1.28 bits per heavy atom. The summed E-state index contributed by atoms with van der Waals surface area (Å²) >= 11 is 2.55. The van der Waals surface area contributed by atoms with Gasteiger partial charge >= 0.3 is 6.18 Å². The second kappa shape index (κ2) is 10.0. The number of nitrogens with one attached hydrogen (secondary N) is 1. The van der Waals surface area contributed by atoms with Crippen molar-refractivity contribution >= 4 is 41.0 Å². The number of alkyl halides is 3. The highest BCUT2D eigenvalue weighted by Gasteiger charge is 2.33. The SMILES string of the molecule is CSCc1nnc(SC(C)C(=O)N(C)CC(=O)Nc2ccccc2C(F)(F)F)o1. The molecule has 7 nitrogen and oxygen atoms in total. The highest BCUT2D eigenvalue weighted by atomic mass is 32.2. The maximum atomic E-state index is 13.0. The zero-order chi connectivity index (χ0) is 21.6. The van der Waals surface area contributed by atoms with Crippen LogP contribution in [-0.2, 0) is 21.5 Å². The third-order valence-electron chi connectivity index (χ3n) is 3.61. The van der Waals surface area contributed by atoms with E-state index in [4.69, 9.17) is 4.42 Å². The van der Waals surface area contributed by atoms with E-state index < -0.39 is 35.3 Å². The number of anilines is 1. The summed E-state index contributed by atoms with van der Waals surface area (Å²) < 4.78 is 44.4. The van der Waals surface area contributed by atoms with Crippen molar-refractivity contribution in [3.63, 3.8) is 0 Å². The molecule has 0 aliphatic carbocycles. The summed E-state index contributed by atoms with van der Waals surface area (Å²) in [6.07, 6.45) is -2.72. The average molecular weight is 448 g/mol. The Hall–Kier alpha value is -2.21. The van der Waals surface area contributed by atoms with E-state index in [1.165, 1.54) is 30.9 Å². The zero-order valence-electron chi connectivity index (χ0n) is 15.8. The number of aromatic nitrogens is 2. The molecule has 0 bridgehead atoms. The van der Waals surface area contributed by atoms with Gasteiger partial charge in [-0.15, -0.1) is 10.2 Å². The van der Waals surface area contributed by atoms with Gasteiger partial charge < -0.3 is 14.6 Å². The molecule has 1 aromatic carbocycles. The number of benzene rings is 1. The lowest BCUT2D eigenvalue weighted by Gasteiger charge is -2.20. The molecular formula is C17H19F3N4O3S2. The molecule has 0 saturated heterocycles. The van der Waals surface area contributed by atoms with Crippen molar-refractivity contribution in [1.29, 1.82) is 0 Å². The fourth-order valence-electron chi connectivity index (χ4n) is 2.30. The number of thioether (sulfide) groups is 2. The van der Waals surface area contributed by atoms with Gasteiger partial charge in [0, 0.05) is 7.05 Å². The first kappa shape index (κ1) is 23.1. The van der Waals surface area contributed by atoms with Crippen LogP contribution in [0.5, 0.6) is 0 Å². The van der Waals surface area contributed by atoms with Gasteiger partial charge in [0.25, 0.3) is 5.22 Å². The molecule has 0 fully saturated rings. The van der Waals surface area contributed by atoms with E-state index in [9.17, 15) is 22.8 Å². The summed E-state index contributed by atoms with van der Waals surface area (Å²) in [5.41, 5.74) is -1.32. The molecule has 1 atom stereocenters. The van der Waals surface area contributed by atoms with Gasteiger partial charge in [0.2, 0.25) is 17.7 Å². The predicted molar refractivity (Wildman–Crippen MR) is 105 cm³/mol. The molecule has 0 saturated carbocycles. The first-order valence-corrected chi connectivity index (χ1v) is 10.6. The van der Waals surface area contributed by atoms with Gasteiger partial charge in [-0.3, -0.25) is 9.59 Å². The summed E-state index contributed by atoms with van der Waals surface area (Å²) in [5.74, 6) is -0.153. The monoisotopic (exact) mass is 448 g/mol. The van der Waals surface area contributed by atoms with Crippen LogP contribution in [0.4, 0.5) is 18.9 Å². The third-order valence-corrected chi connectivity index (χ3v) is 5.06. The van der Waals surface area contributed by atoms with Gasteiger partial charge in [-0.05, 0) is 25.3 Å². The number of likely N-dealkylation sites (N-methyl/N-ethyl adjacent to an activating group) is 1. The lowest BCUT2D eigenvalue weighted by molar-refractivity contribution is -0.137. The van der Waals surface area contributed by atoms with Gasteiger partial charge in [-0.25, -0.2) is 0 Å². The molecule has 1 unspecified atom stereocenters. The van der Waals surface area contributed by atoms with Gasteiger partial charge in [0.05, 0.1) is 28.8 Å². The van der Waals surface area contributed by atoms with E-state index in [2.05, 4.69) is 15.5 Å². The van der Waals surface area contributed by atoms with Gasteiger partial charge in [0.15, 0.2) is 0 Å². The standard InChI is InChI=1S/C17H19F3N4O3S2/c1-10(29-16-23-22-14(27-16)9-28-3)15(26)24(2)8-13(25)21-12-7-5-4-6-11(12)17(18,19)20/h4-7,10H,8-9H2,1-3H3,(H,21,25). The van der Waals surface area contributed by atoms with Crippen LogP contribution in [0.3, 0.4) is 0 Å². The molecule has 2 aromatic rings. The quantitative estimate of drug-likeness (QED) is 0.618. The van der Waals surface area contributed by atoms with E-state index in [-0.39, 0.29) is 10.9 Å². The molecule has 2 rings (SSSR count). The molecule has 2 amide bonds. The van der Waals surface area contributed by atoms with Crippen LogP contribution < -0.4 is 5.32 Å². The number of amides is 2. The highest BCUT2D eigenvalue weighted by Crippen LogP contribution is 2.34. The largest absolute Gasteiger partial charge is 0.418 e. The van der Waals surface area contributed by atoms with Gasteiger partial charge in [-0.2, -0.15) is 24.9 Å². The minimum absolute atomic E-state index is 0.229. The van der Waals surface area contributed by atoms with Crippen molar-refractivity contribution in [3.8, 4) is 0 Å². The molecule has 1 N–H and O–H groups in total. The van der Waals surface area contributed by atoms with Gasteiger partial charge in [-0.1, -0.05) is 23.9 Å². The molecule has 0 radical (unpaired) electrons. The van der Waals surface area contributed by atoms with Crippen LogP contribution in [0.1, 0.15) is 18.4 Å². The van der Waals surface area contributed by atoms with E-state index in [0.717, 1.165) is 28.8 Å². The lowest BCUT2D eigenvalue weighted by atomic mass is 10.1. The summed E-state index contributed by atoms with van der Waals surface area (Å²) in [4.78, 5) is 25.7. The van der Waals surface area contributed by atoms with Crippen LogP contribution in [-0.4, -0.2) is 52.0 Å². The Bertz CT molecular complexity index is 860. The molecule has 1 heterocycles. The minimum atomic E-state index is -4.60. The first-order chi connectivity index (χ1) is 13.6. The lowest BCUT2D eigenvalue weighted by Crippen LogP contribution is -2.39. The van der Waals surface area contributed by atoms with E-state index in [1.54, 1.807) is 6.92 Å². The maximum absolute atomic E-state index is 13.0. The molecule has 0 aliphatic rings. The van der Waals surface area contributed by atoms with Crippen LogP contribution >= 0.6 is 23.5 Å². The summed E-state index contributed by atoms with van der Waals surface area (Å²) in [7, 11) is 1.39. The Morgan fingerprint density at radius 3 is 2.62 bits per heavy atom. The normalized spacial score (nSPS) is 12.5. The molecule has 158 valence electrons. The van der Waals surface area contributed by atoms with E-state index in [0.29, 0.717) is 11.6 Å². The molecular weight excluding hydrogens is 429 g/mol. The average Bonchev–Trinajstić information content (AvgIpc) is 3.07. The molecule has 0 spiro atoms. The number of hydrogen-bond acceptors (Lipinski definition) is 7. The maximum Gasteiger partial charge on any atom is 0.418 e. The number of rotatable bonds is 8. The first-order valence-electron chi connectivity index (χ1n) is 8.30. The predicted octanol–water partition coefficient (Wildman–Crippen LogP) is 3.53. The second-order valence-electron chi connectivity index (χ2n) is 5.94. The van der Waals surface area contributed by atoms with E-state index in [1.807, 2.05) is 6.26 Å². The van der Waals surface area contributed by atoms with Crippen molar-refractivity contribution in [2.24, 2.45) is 0 Å². The fourth-order valence-corrected chi connectivity index (χ4v) is 3.48.